The van der Waals surface area contributed by atoms with Crippen molar-refractivity contribution < 1.29 is 4.74 Å². The average Bonchev–Trinajstić information content (AvgIpc) is 2.83. The predicted octanol–water partition coefficient (Wildman–Crippen LogP) is 2.95. The van der Waals surface area contributed by atoms with Crippen molar-refractivity contribution in [1.82, 2.24) is 19.5 Å². The molecule has 108 valence electrons. The molecule has 20 heavy (non-hydrogen) atoms. The molecule has 0 radical (unpaired) electrons. The van der Waals surface area contributed by atoms with Gasteiger partial charge in [-0.2, -0.15) is 9.97 Å². The maximum absolute atomic E-state index is 6.00. The van der Waals surface area contributed by atoms with Crippen LogP contribution in [0.2, 0.25) is 5.15 Å². The summed E-state index contributed by atoms with van der Waals surface area (Å²) in [6.07, 6.45) is 6.24. The van der Waals surface area contributed by atoms with Crippen molar-refractivity contribution in [2.75, 3.05) is 12.3 Å². The third-order valence-corrected chi connectivity index (χ3v) is 3.17. The fourth-order valence-corrected chi connectivity index (χ4v) is 2.12. The van der Waals surface area contributed by atoms with E-state index in [1.165, 1.54) is 0 Å². The molecule has 2 heterocycles. The summed E-state index contributed by atoms with van der Waals surface area (Å²) in [4.78, 5) is 12.2. The van der Waals surface area contributed by atoms with Gasteiger partial charge in [0.1, 0.15) is 5.52 Å². The van der Waals surface area contributed by atoms with Crippen LogP contribution in [0.3, 0.4) is 0 Å². The molecule has 6 nitrogen and oxygen atoms in total. The molecule has 0 unspecified atom stereocenters. The van der Waals surface area contributed by atoms with Gasteiger partial charge < -0.3 is 10.5 Å². The van der Waals surface area contributed by atoms with Gasteiger partial charge in [-0.3, -0.25) is 4.57 Å². The van der Waals surface area contributed by atoms with Crippen molar-refractivity contribution in [3.63, 3.8) is 0 Å². The molecule has 0 fully saturated rings. The first-order valence-corrected chi connectivity index (χ1v) is 6.94. The van der Waals surface area contributed by atoms with E-state index in [0.29, 0.717) is 17.8 Å². The Bertz CT molecular complexity index is 598. The molecule has 1 atom stereocenters. The summed E-state index contributed by atoms with van der Waals surface area (Å²) in [6, 6.07) is 0. The van der Waals surface area contributed by atoms with E-state index >= 15 is 0 Å². The van der Waals surface area contributed by atoms with E-state index in [9.17, 15) is 0 Å². The summed E-state index contributed by atoms with van der Waals surface area (Å²) >= 11 is 6.00. The zero-order valence-electron chi connectivity index (χ0n) is 11.4. The van der Waals surface area contributed by atoms with E-state index in [4.69, 9.17) is 22.1 Å². The number of ether oxygens (including phenoxy) is 1. The van der Waals surface area contributed by atoms with Crippen molar-refractivity contribution in [1.29, 1.82) is 0 Å². The molecule has 0 saturated carbocycles. The summed E-state index contributed by atoms with van der Waals surface area (Å²) in [5.74, 6) is 0.109. The van der Waals surface area contributed by atoms with Crippen LogP contribution in [0, 0.1) is 0 Å². The molecule has 0 spiro atoms. The van der Waals surface area contributed by atoms with E-state index in [2.05, 4.69) is 28.5 Å². The van der Waals surface area contributed by atoms with Gasteiger partial charge in [0.15, 0.2) is 17.0 Å². The van der Waals surface area contributed by atoms with Gasteiger partial charge in [-0.15, -0.1) is 0 Å². The number of imidazole rings is 1. The number of rotatable bonds is 7. The molecule has 0 aliphatic carbocycles. The first-order valence-electron chi connectivity index (χ1n) is 6.57. The van der Waals surface area contributed by atoms with Gasteiger partial charge in [-0.1, -0.05) is 37.9 Å². The summed E-state index contributed by atoms with van der Waals surface area (Å²) in [5, 5.41) is 0.236. The number of halogens is 1. The molecule has 2 aromatic heterocycles. The lowest BCUT2D eigenvalue weighted by molar-refractivity contribution is 0.0378. The molecule has 0 aliphatic heterocycles. The number of aromatic nitrogens is 4. The first kappa shape index (κ1) is 14.7. The Labute approximate surface area is 122 Å². The lowest BCUT2D eigenvalue weighted by Gasteiger charge is -2.15. The molecule has 2 rings (SSSR count). The average molecular weight is 296 g/mol. The van der Waals surface area contributed by atoms with Crippen LogP contribution < -0.4 is 5.73 Å². The second-order valence-corrected chi connectivity index (χ2v) is 4.76. The third-order valence-electron chi connectivity index (χ3n) is 2.91. The smallest absolute Gasteiger partial charge is 0.223 e. The Morgan fingerprint density at radius 1 is 1.50 bits per heavy atom. The van der Waals surface area contributed by atoms with E-state index in [0.717, 1.165) is 19.3 Å². The molecule has 7 heteroatoms. The maximum atomic E-state index is 6.00. The number of fused-ring (bicyclic) bond motifs is 1. The van der Waals surface area contributed by atoms with Crippen molar-refractivity contribution >= 4 is 28.7 Å². The van der Waals surface area contributed by atoms with Gasteiger partial charge in [0.2, 0.25) is 5.95 Å². The van der Waals surface area contributed by atoms with Gasteiger partial charge in [0, 0.05) is 6.61 Å². The highest BCUT2D eigenvalue weighted by molar-refractivity contribution is 6.33. The largest absolute Gasteiger partial charge is 0.368 e. The zero-order valence-corrected chi connectivity index (χ0v) is 12.2. The molecular weight excluding hydrogens is 278 g/mol. The number of nitrogen functional groups attached to an aromatic ring is 1. The Balaban J connectivity index is 2.23. The Morgan fingerprint density at radius 3 is 3.00 bits per heavy atom. The molecule has 2 N–H and O–H groups in total. The van der Waals surface area contributed by atoms with Crippen LogP contribution in [0.15, 0.2) is 19.0 Å². The fourth-order valence-electron chi connectivity index (χ4n) is 1.90. The van der Waals surface area contributed by atoms with Crippen LogP contribution in [0.4, 0.5) is 5.95 Å². The van der Waals surface area contributed by atoms with E-state index < -0.39 is 0 Å². The Morgan fingerprint density at radius 2 is 2.30 bits per heavy atom. The van der Waals surface area contributed by atoms with Crippen LogP contribution in [0.5, 0.6) is 0 Å². The SMILES string of the molecule is C=C[C@H](OCCCCC)n1cnc2c(Cl)nc(N)nc21. The number of nitrogens with two attached hydrogens (primary N) is 1. The molecule has 2 aromatic rings. The normalized spacial score (nSPS) is 12.7. The van der Waals surface area contributed by atoms with Crippen molar-refractivity contribution in [2.45, 2.75) is 32.4 Å². The van der Waals surface area contributed by atoms with Crippen LogP contribution in [-0.2, 0) is 4.74 Å². The molecule has 0 bridgehead atoms. The maximum Gasteiger partial charge on any atom is 0.223 e. The van der Waals surface area contributed by atoms with Gasteiger partial charge >= 0.3 is 0 Å². The number of hydrogen-bond donors (Lipinski definition) is 1. The molecule has 0 aromatic carbocycles. The minimum atomic E-state index is -0.345. The topological polar surface area (TPSA) is 78.8 Å². The number of unbranched alkanes of at least 4 members (excludes halogenated alkanes) is 2. The number of hydrogen-bond acceptors (Lipinski definition) is 5. The van der Waals surface area contributed by atoms with Crippen molar-refractivity contribution in [3.8, 4) is 0 Å². The lowest BCUT2D eigenvalue weighted by Crippen LogP contribution is -2.11. The lowest BCUT2D eigenvalue weighted by atomic mass is 10.3. The van der Waals surface area contributed by atoms with Crippen LogP contribution >= 0.6 is 11.6 Å². The van der Waals surface area contributed by atoms with Crippen LogP contribution in [0.25, 0.3) is 11.2 Å². The zero-order chi connectivity index (χ0) is 14.5. The minimum Gasteiger partial charge on any atom is -0.368 e. The second-order valence-electron chi connectivity index (χ2n) is 4.40. The van der Waals surface area contributed by atoms with Crippen molar-refractivity contribution in [3.05, 3.63) is 24.1 Å². The summed E-state index contributed by atoms with van der Waals surface area (Å²) in [6.45, 7) is 6.59. The van der Waals surface area contributed by atoms with Gasteiger partial charge in [0.05, 0.1) is 6.33 Å². The highest BCUT2D eigenvalue weighted by atomic mass is 35.5. The van der Waals surface area contributed by atoms with Crippen molar-refractivity contribution in [2.24, 2.45) is 0 Å². The highest BCUT2D eigenvalue weighted by Gasteiger charge is 2.15. The van der Waals surface area contributed by atoms with E-state index in [-0.39, 0.29) is 17.3 Å². The monoisotopic (exact) mass is 295 g/mol. The Hall–Kier alpha value is -1.66. The van der Waals surface area contributed by atoms with Gasteiger partial charge in [-0.05, 0) is 12.5 Å². The second kappa shape index (κ2) is 6.67. The molecule has 0 saturated heterocycles. The quantitative estimate of drug-likeness (QED) is 0.482. The molecule has 0 aliphatic rings. The minimum absolute atomic E-state index is 0.109. The summed E-state index contributed by atoms with van der Waals surface area (Å²) in [7, 11) is 0. The third kappa shape index (κ3) is 3.08. The first-order chi connectivity index (χ1) is 9.67. The molecular formula is C13H18ClN5O. The van der Waals surface area contributed by atoms with Gasteiger partial charge in [-0.25, -0.2) is 4.98 Å². The van der Waals surface area contributed by atoms with Gasteiger partial charge in [0.25, 0.3) is 0 Å². The fraction of sp³-hybridized carbons (Fsp3) is 0.462. The summed E-state index contributed by atoms with van der Waals surface area (Å²) in [5.41, 5.74) is 6.67. The molecule has 0 amide bonds. The summed E-state index contributed by atoms with van der Waals surface area (Å²) < 4.78 is 7.53. The van der Waals surface area contributed by atoms with E-state index in [1.54, 1.807) is 17.0 Å². The van der Waals surface area contributed by atoms with Crippen LogP contribution in [-0.4, -0.2) is 26.1 Å². The predicted molar refractivity (Wildman–Crippen MR) is 79.5 cm³/mol. The number of nitrogens with zero attached hydrogens (tertiary/aromatic N) is 4. The highest BCUT2D eigenvalue weighted by Crippen LogP contribution is 2.23. The van der Waals surface area contributed by atoms with Crippen LogP contribution in [0.1, 0.15) is 32.4 Å². The Kier molecular flexibility index (Phi) is 4.92. The number of anilines is 1. The standard InChI is InChI=1S/C13H18ClN5O/c1-3-5-6-7-20-9(4-2)19-8-16-10-11(14)17-13(15)18-12(10)19/h4,8-9H,2-3,5-7H2,1H3,(H2,15,17,18)/t9-/m0/s1. The van der Waals surface area contributed by atoms with E-state index in [1.807, 2.05) is 0 Å².